The predicted octanol–water partition coefficient (Wildman–Crippen LogP) is 2.03. The van der Waals surface area contributed by atoms with E-state index in [1.165, 1.54) is 24.2 Å². The van der Waals surface area contributed by atoms with Gasteiger partial charge in [-0.05, 0) is 30.0 Å². The third-order valence-corrected chi connectivity index (χ3v) is 3.02. The molecule has 1 saturated heterocycles. The van der Waals surface area contributed by atoms with Crippen molar-refractivity contribution in [1.82, 2.24) is 4.90 Å². The van der Waals surface area contributed by atoms with Gasteiger partial charge in [0.15, 0.2) is 0 Å². The summed E-state index contributed by atoms with van der Waals surface area (Å²) in [4.78, 5) is 2.46. The third kappa shape index (κ3) is 1.75. The molecule has 14 heavy (non-hydrogen) atoms. The zero-order valence-corrected chi connectivity index (χ0v) is 8.96. The van der Waals surface area contributed by atoms with Crippen molar-refractivity contribution in [1.29, 1.82) is 0 Å². The molecule has 2 rings (SSSR count). The van der Waals surface area contributed by atoms with Crippen molar-refractivity contribution in [2.75, 3.05) is 18.8 Å². The van der Waals surface area contributed by atoms with E-state index < -0.39 is 0 Å². The fourth-order valence-electron chi connectivity index (χ4n) is 2.07. The van der Waals surface area contributed by atoms with Crippen LogP contribution in [-0.2, 0) is 6.54 Å². The van der Waals surface area contributed by atoms with Gasteiger partial charge in [0.1, 0.15) is 0 Å². The van der Waals surface area contributed by atoms with Gasteiger partial charge in [0.2, 0.25) is 0 Å². The number of nitrogen functional groups attached to an aromatic ring is 1. The second kappa shape index (κ2) is 3.62. The molecular formula is C12H18N2. The number of hydrogen-bond acceptors (Lipinski definition) is 2. The van der Waals surface area contributed by atoms with Gasteiger partial charge in [-0.2, -0.15) is 0 Å². The molecule has 1 heterocycles. The average molecular weight is 190 g/mol. The summed E-state index contributed by atoms with van der Waals surface area (Å²) in [5, 5.41) is 0. The Morgan fingerprint density at radius 3 is 2.79 bits per heavy atom. The van der Waals surface area contributed by atoms with Gasteiger partial charge in [-0.25, -0.2) is 0 Å². The number of anilines is 1. The second-order valence-electron chi connectivity index (χ2n) is 4.43. The second-order valence-corrected chi connectivity index (χ2v) is 4.43. The van der Waals surface area contributed by atoms with Crippen molar-refractivity contribution in [3.63, 3.8) is 0 Å². The molecule has 1 aliphatic rings. The normalized spacial score (nSPS) is 18.1. The molecule has 76 valence electrons. The average Bonchev–Trinajstić information content (AvgIpc) is 2.10. The van der Waals surface area contributed by atoms with Crippen LogP contribution in [0.1, 0.15) is 18.1 Å². The van der Waals surface area contributed by atoms with E-state index in [4.69, 9.17) is 5.73 Å². The number of nitrogens with two attached hydrogens (primary N) is 1. The summed E-state index contributed by atoms with van der Waals surface area (Å²) in [7, 11) is 0. The zero-order chi connectivity index (χ0) is 10.1. The Bertz CT molecular complexity index is 327. The summed E-state index contributed by atoms with van der Waals surface area (Å²) >= 11 is 0. The maximum absolute atomic E-state index is 5.86. The van der Waals surface area contributed by atoms with E-state index in [0.29, 0.717) is 0 Å². The fraction of sp³-hybridized carbons (Fsp3) is 0.500. The lowest BCUT2D eigenvalue weighted by Gasteiger charge is -2.37. The van der Waals surface area contributed by atoms with Crippen LogP contribution in [0.5, 0.6) is 0 Å². The van der Waals surface area contributed by atoms with Crippen molar-refractivity contribution in [3.8, 4) is 0 Å². The molecule has 0 saturated carbocycles. The molecule has 1 aromatic carbocycles. The predicted molar refractivity (Wildman–Crippen MR) is 60.0 cm³/mol. The maximum Gasteiger partial charge on any atom is 0.0346 e. The highest BCUT2D eigenvalue weighted by Crippen LogP contribution is 2.21. The van der Waals surface area contributed by atoms with Crippen LogP contribution in [0.3, 0.4) is 0 Å². The van der Waals surface area contributed by atoms with E-state index in [1.807, 2.05) is 12.1 Å². The van der Waals surface area contributed by atoms with Crippen LogP contribution in [0.25, 0.3) is 0 Å². The molecule has 0 radical (unpaired) electrons. The Morgan fingerprint density at radius 2 is 2.14 bits per heavy atom. The van der Waals surface area contributed by atoms with E-state index in [9.17, 15) is 0 Å². The fourth-order valence-corrected chi connectivity index (χ4v) is 2.07. The lowest BCUT2D eigenvalue weighted by molar-refractivity contribution is 0.105. The molecule has 0 bridgehead atoms. The molecule has 2 heteroatoms. The minimum atomic E-state index is 0.872. The van der Waals surface area contributed by atoms with Gasteiger partial charge in [-0.1, -0.05) is 19.1 Å². The smallest absolute Gasteiger partial charge is 0.0346 e. The van der Waals surface area contributed by atoms with E-state index >= 15 is 0 Å². The Hall–Kier alpha value is -1.02. The van der Waals surface area contributed by atoms with Crippen LogP contribution in [-0.4, -0.2) is 18.0 Å². The lowest BCUT2D eigenvalue weighted by atomic mass is 10.00. The Balaban J connectivity index is 2.06. The Labute approximate surface area is 85.7 Å². The largest absolute Gasteiger partial charge is 0.399 e. The Kier molecular flexibility index (Phi) is 2.46. The van der Waals surface area contributed by atoms with Gasteiger partial charge in [0, 0.05) is 25.3 Å². The van der Waals surface area contributed by atoms with Crippen molar-refractivity contribution >= 4 is 5.69 Å². The summed E-state index contributed by atoms with van der Waals surface area (Å²) in [5.74, 6) is 0.872. The lowest BCUT2D eigenvalue weighted by Crippen LogP contribution is -2.44. The minimum absolute atomic E-state index is 0.872. The number of rotatable bonds is 2. The summed E-state index contributed by atoms with van der Waals surface area (Å²) in [6.07, 6.45) is 0. The number of nitrogens with zero attached hydrogens (tertiary/aromatic N) is 1. The molecular weight excluding hydrogens is 172 g/mol. The van der Waals surface area contributed by atoms with E-state index in [1.54, 1.807) is 0 Å². The SMILES string of the molecule is Cc1c(N)cccc1CN1CC(C)C1. The van der Waals surface area contributed by atoms with Crippen LogP contribution < -0.4 is 5.73 Å². The highest BCUT2D eigenvalue weighted by Gasteiger charge is 2.22. The molecule has 1 aliphatic heterocycles. The third-order valence-electron chi connectivity index (χ3n) is 3.02. The molecule has 2 nitrogen and oxygen atoms in total. The Morgan fingerprint density at radius 1 is 1.43 bits per heavy atom. The first-order valence-electron chi connectivity index (χ1n) is 5.23. The first kappa shape index (κ1) is 9.53. The quantitative estimate of drug-likeness (QED) is 0.723. The van der Waals surface area contributed by atoms with Crippen LogP contribution in [0.4, 0.5) is 5.69 Å². The van der Waals surface area contributed by atoms with Gasteiger partial charge in [-0.15, -0.1) is 0 Å². The van der Waals surface area contributed by atoms with E-state index in [-0.39, 0.29) is 0 Å². The van der Waals surface area contributed by atoms with Crippen LogP contribution in [0, 0.1) is 12.8 Å². The highest BCUT2D eigenvalue weighted by molar-refractivity contribution is 5.49. The molecule has 1 fully saturated rings. The van der Waals surface area contributed by atoms with Gasteiger partial charge in [0.25, 0.3) is 0 Å². The maximum atomic E-state index is 5.86. The molecule has 2 N–H and O–H groups in total. The number of hydrogen-bond donors (Lipinski definition) is 1. The van der Waals surface area contributed by atoms with Crippen LogP contribution in [0.2, 0.25) is 0 Å². The highest BCUT2D eigenvalue weighted by atomic mass is 15.2. The standard InChI is InChI=1S/C12H18N2/c1-9-6-14(7-9)8-11-4-3-5-12(13)10(11)2/h3-5,9H,6-8,13H2,1-2H3. The first-order valence-corrected chi connectivity index (χ1v) is 5.23. The molecule has 0 amide bonds. The molecule has 0 aliphatic carbocycles. The molecule has 1 aromatic rings. The number of benzene rings is 1. The topological polar surface area (TPSA) is 29.3 Å². The van der Waals surface area contributed by atoms with Crippen molar-refractivity contribution in [2.24, 2.45) is 5.92 Å². The van der Waals surface area contributed by atoms with Gasteiger partial charge in [0.05, 0.1) is 0 Å². The van der Waals surface area contributed by atoms with Crippen LogP contribution in [0.15, 0.2) is 18.2 Å². The molecule has 0 unspecified atom stereocenters. The molecule has 0 atom stereocenters. The van der Waals surface area contributed by atoms with E-state index in [2.05, 4.69) is 24.8 Å². The van der Waals surface area contributed by atoms with Gasteiger partial charge < -0.3 is 5.73 Å². The summed E-state index contributed by atoms with van der Waals surface area (Å²) < 4.78 is 0. The van der Waals surface area contributed by atoms with Crippen molar-refractivity contribution in [2.45, 2.75) is 20.4 Å². The van der Waals surface area contributed by atoms with Gasteiger partial charge >= 0.3 is 0 Å². The van der Waals surface area contributed by atoms with E-state index in [0.717, 1.165) is 18.2 Å². The molecule has 0 aromatic heterocycles. The number of likely N-dealkylation sites (tertiary alicyclic amines) is 1. The minimum Gasteiger partial charge on any atom is -0.399 e. The van der Waals surface area contributed by atoms with Crippen molar-refractivity contribution in [3.05, 3.63) is 29.3 Å². The van der Waals surface area contributed by atoms with Crippen LogP contribution >= 0.6 is 0 Å². The first-order chi connectivity index (χ1) is 6.66. The summed E-state index contributed by atoms with van der Waals surface area (Å²) in [6.45, 7) is 7.92. The zero-order valence-electron chi connectivity index (χ0n) is 8.96. The van der Waals surface area contributed by atoms with Crippen molar-refractivity contribution < 1.29 is 0 Å². The monoisotopic (exact) mass is 190 g/mol. The van der Waals surface area contributed by atoms with Gasteiger partial charge in [-0.3, -0.25) is 4.90 Å². The summed E-state index contributed by atoms with van der Waals surface area (Å²) in [5.41, 5.74) is 9.39. The summed E-state index contributed by atoms with van der Waals surface area (Å²) in [6, 6.07) is 6.19. The molecule has 0 spiro atoms.